The first kappa shape index (κ1) is 16.0. The van der Waals surface area contributed by atoms with E-state index in [1.54, 1.807) is 6.07 Å². The Kier molecular flexibility index (Phi) is 3.93. The Bertz CT molecular complexity index is 871. The number of anilines is 1. The highest BCUT2D eigenvalue weighted by Gasteiger charge is 2.32. The number of hydrogen-bond acceptors (Lipinski definition) is 5. The highest BCUT2D eigenvalue weighted by Crippen LogP contribution is 2.41. The first-order chi connectivity index (χ1) is 10.8. The van der Waals surface area contributed by atoms with Crippen molar-refractivity contribution in [2.24, 2.45) is 0 Å². The third-order valence-corrected chi connectivity index (χ3v) is 5.38. The Morgan fingerprint density at radius 3 is 2.61 bits per heavy atom. The fraction of sp³-hybridized carbons (Fsp3) is 0.333. The largest absolute Gasteiger partial charge is 0.364 e. The van der Waals surface area contributed by atoms with E-state index in [1.165, 1.54) is 25.4 Å². The molecule has 122 valence electrons. The van der Waals surface area contributed by atoms with Gasteiger partial charge in [0, 0.05) is 18.5 Å². The summed E-state index contributed by atoms with van der Waals surface area (Å²) in [6, 6.07) is 4.52. The molecule has 1 aliphatic rings. The minimum atomic E-state index is -3.39. The van der Waals surface area contributed by atoms with Crippen LogP contribution in [-0.2, 0) is 10.0 Å². The third-order valence-electron chi connectivity index (χ3n) is 3.86. The van der Waals surface area contributed by atoms with Crippen molar-refractivity contribution < 1.29 is 17.7 Å². The molecule has 0 aliphatic heterocycles. The molecule has 6 nitrogen and oxygen atoms in total. The maximum atomic E-state index is 12.6. The van der Waals surface area contributed by atoms with Crippen molar-refractivity contribution in [3.05, 3.63) is 46.3 Å². The average Bonchev–Trinajstić information content (AvgIpc) is 3.22. The van der Waals surface area contributed by atoms with Gasteiger partial charge >= 0.3 is 0 Å². The van der Waals surface area contributed by atoms with Crippen molar-refractivity contribution in [3.8, 4) is 0 Å². The molecule has 3 rings (SSSR count). The van der Waals surface area contributed by atoms with Gasteiger partial charge in [-0.25, -0.2) is 8.42 Å². The van der Waals surface area contributed by atoms with Crippen molar-refractivity contribution in [2.45, 2.75) is 18.8 Å². The normalized spacial score (nSPS) is 14.7. The van der Waals surface area contributed by atoms with Crippen LogP contribution < -0.4 is 4.31 Å². The molecule has 0 unspecified atom stereocenters. The zero-order valence-corrected chi connectivity index (χ0v) is 14.2. The molecule has 0 spiro atoms. The van der Waals surface area contributed by atoms with E-state index in [-0.39, 0.29) is 16.7 Å². The Morgan fingerprint density at radius 1 is 1.35 bits per heavy atom. The van der Waals surface area contributed by atoms with Crippen molar-refractivity contribution >= 4 is 33.1 Å². The Hall–Kier alpha value is -1.86. The number of hydrogen-bond donors (Lipinski definition) is 0. The molecule has 0 amide bonds. The first-order valence-electron chi connectivity index (χ1n) is 7.01. The maximum Gasteiger partial charge on any atom is 0.231 e. The van der Waals surface area contributed by atoms with Crippen LogP contribution in [0.1, 0.15) is 40.4 Å². The fourth-order valence-corrected chi connectivity index (χ4v) is 3.04. The zero-order valence-electron chi connectivity index (χ0n) is 12.6. The number of rotatable bonds is 5. The van der Waals surface area contributed by atoms with Crippen LogP contribution in [0.3, 0.4) is 0 Å². The van der Waals surface area contributed by atoms with Gasteiger partial charge in [-0.3, -0.25) is 9.10 Å². The lowest BCUT2D eigenvalue weighted by Crippen LogP contribution is -2.24. The number of aromatic nitrogens is 1. The molecule has 8 heteroatoms. The highest BCUT2D eigenvalue weighted by atomic mass is 35.5. The molecule has 0 saturated heterocycles. The lowest BCUT2D eigenvalue weighted by molar-refractivity contribution is 0.103. The topological polar surface area (TPSA) is 80.5 Å². The standard InChI is InChI=1S/C15H15ClN2O4S/c1-18(23(2,20)21)10-5-6-11(13(16)7-10)15(19)12-8-22-17-14(12)9-3-4-9/h5-9H,3-4H2,1-2H3. The number of benzene rings is 1. The van der Waals surface area contributed by atoms with Gasteiger partial charge in [0.25, 0.3) is 0 Å². The second-order valence-electron chi connectivity index (χ2n) is 5.61. The summed E-state index contributed by atoms with van der Waals surface area (Å²) in [6.45, 7) is 0. The molecule has 0 bridgehead atoms. The Morgan fingerprint density at radius 2 is 2.04 bits per heavy atom. The van der Waals surface area contributed by atoms with E-state index in [4.69, 9.17) is 16.1 Å². The maximum absolute atomic E-state index is 12.6. The molecule has 1 aromatic heterocycles. The lowest BCUT2D eigenvalue weighted by Gasteiger charge is -2.17. The highest BCUT2D eigenvalue weighted by molar-refractivity contribution is 7.92. The van der Waals surface area contributed by atoms with Crippen LogP contribution in [0.4, 0.5) is 5.69 Å². The number of carbonyl (C=O) groups is 1. The summed E-state index contributed by atoms with van der Waals surface area (Å²) in [5.41, 5.74) is 1.77. The van der Waals surface area contributed by atoms with Gasteiger partial charge in [0.15, 0.2) is 5.78 Å². The number of sulfonamides is 1. The van der Waals surface area contributed by atoms with Crippen LogP contribution in [-0.4, -0.2) is 32.7 Å². The molecular formula is C15H15ClN2O4S. The molecule has 0 N–H and O–H groups in total. The monoisotopic (exact) mass is 354 g/mol. The number of ketones is 1. The quantitative estimate of drug-likeness (QED) is 0.771. The number of carbonyl (C=O) groups excluding carboxylic acids is 1. The van der Waals surface area contributed by atoms with Gasteiger partial charge in [-0.2, -0.15) is 0 Å². The van der Waals surface area contributed by atoms with Gasteiger partial charge in [-0.1, -0.05) is 16.8 Å². The molecule has 1 aliphatic carbocycles. The third kappa shape index (κ3) is 3.11. The van der Waals surface area contributed by atoms with Crippen molar-refractivity contribution in [1.82, 2.24) is 5.16 Å². The van der Waals surface area contributed by atoms with Crippen LogP contribution in [0.25, 0.3) is 0 Å². The molecule has 0 radical (unpaired) electrons. The van der Waals surface area contributed by atoms with Crippen LogP contribution in [0.2, 0.25) is 5.02 Å². The minimum absolute atomic E-state index is 0.186. The Balaban J connectivity index is 1.94. The van der Waals surface area contributed by atoms with Crippen LogP contribution >= 0.6 is 11.6 Å². The summed E-state index contributed by atoms with van der Waals surface area (Å²) < 4.78 is 29.2. The smallest absolute Gasteiger partial charge is 0.231 e. The van der Waals surface area contributed by atoms with Crippen molar-refractivity contribution in [3.63, 3.8) is 0 Å². The molecule has 0 atom stereocenters. The molecule has 2 aromatic rings. The molecule has 1 heterocycles. The molecule has 1 aromatic carbocycles. The van der Waals surface area contributed by atoms with Crippen molar-refractivity contribution in [2.75, 3.05) is 17.6 Å². The Labute approximate surface area is 139 Å². The summed E-state index contributed by atoms with van der Waals surface area (Å²) in [6.07, 6.45) is 4.43. The summed E-state index contributed by atoms with van der Waals surface area (Å²) in [7, 11) is -1.97. The SMILES string of the molecule is CN(c1ccc(C(=O)c2conc2C2CC2)c(Cl)c1)S(C)(=O)=O. The van der Waals surface area contributed by atoms with E-state index in [1.807, 2.05) is 0 Å². The number of halogens is 1. The van der Waals surface area contributed by atoms with Crippen LogP contribution in [0, 0.1) is 0 Å². The van der Waals surface area contributed by atoms with E-state index >= 15 is 0 Å². The molecule has 1 fully saturated rings. The zero-order chi connectivity index (χ0) is 16.8. The lowest BCUT2D eigenvalue weighted by atomic mass is 10.0. The molecule has 1 saturated carbocycles. The summed E-state index contributed by atoms with van der Waals surface area (Å²) >= 11 is 6.19. The van der Waals surface area contributed by atoms with Crippen LogP contribution in [0.5, 0.6) is 0 Å². The molecule has 23 heavy (non-hydrogen) atoms. The van der Waals surface area contributed by atoms with Gasteiger partial charge in [0.2, 0.25) is 10.0 Å². The fourth-order valence-electron chi connectivity index (χ4n) is 2.29. The summed E-state index contributed by atoms with van der Waals surface area (Å²) in [4.78, 5) is 12.6. The van der Waals surface area contributed by atoms with E-state index in [2.05, 4.69) is 5.16 Å². The van der Waals surface area contributed by atoms with Crippen LogP contribution in [0.15, 0.2) is 29.0 Å². The van der Waals surface area contributed by atoms with Crippen molar-refractivity contribution in [1.29, 1.82) is 0 Å². The van der Waals surface area contributed by atoms with E-state index < -0.39 is 10.0 Å². The summed E-state index contributed by atoms with van der Waals surface area (Å²) in [5.74, 6) is 0.00817. The second-order valence-corrected chi connectivity index (χ2v) is 8.03. The predicted molar refractivity (Wildman–Crippen MR) is 86.6 cm³/mol. The second kappa shape index (κ2) is 5.65. The van der Waals surface area contributed by atoms with E-state index in [0.717, 1.165) is 23.4 Å². The summed E-state index contributed by atoms with van der Waals surface area (Å²) in [5, 5.41) is 4.09. The minimum Gasteiger partial charge on any atom is -0.364 e. The first-order valence-corrected chi connectivity index (χ1v) is 9.24. The van der Waals surface area contributed by atoms with Gasteiger partial charge in [-0.15, -0.1) is 0 Å². The van der Waals surface area contributed by atoms with E-state index in [0.29, 0.717) is 22.5 Å². The number of nitrogens with zero attached hydrogens (tertiary/aromatic N) is 2. The van der Waals surface area contributed by atoms with Gasteiger partial charge in [-0.05, 0) is 31.0 Å². The van der Waals surface area contributed by atoms with Gasteiger partial charge in [0.1, 0.15) is 6.26 Å². The average molecular weight is 355 g/mol. The molecular weight excluding hydrogens is 340 g/mol. The van der Waals surface area contributed by atoms with E-state index in [9.17, 15) is 13.2 Å². The van der Waals surface area contributed by atoms with Gasteiger partial charge < -0.3 is 4.52 Å². The van der Waals surface area contributed by atoms with Gasteiger partial charge in [0.05, 0.1) is 28.2 Å². The predicted octanol–water partition coefficient (Wildman–Crippen LogP) is 2.83.